The number of rotatable bonds is 6. The van der Waals surface area contributed by atoms with Crippen LogP contribution in [0.4, 0.5) is 0 Å². The van der Waals surface area contributed by atoms with Gasteiger partial charge in [0, 0.05) is 33.0 Å². The quantitative estimate of drug-likeness (QED) is 0.788. The second-order valence-corrected chi connectivity index (χ2v) is 4.25. The highest BCUT2D eigenvalue weighted by atomic mass is 16.5. The van der Waals surface area contributed by atoms with Crippen LogP contribution < -0.4 is 0 Å². The molecule has 0 amide bonds. The monoisotopic (exact) mass is 263 g/mol. The topological polar surface area (TPSA) is 66.8 Å². The van der Waals surface area contributed by atoms with Gasteiger partial charge in [-0.3, -0.25) is 4.79 Å². The van der Waals surface area contributed by atoms with Gasteiger partial charge in [0.15, 0.2) is 5.78 Å². The smallest absolute Gasteiger partial charge is 0.335 e. The van der Waals surface area contributed by atoms with Crippen LogP contribution in [0.2, 0.25) is 0 Å². The molecule has 0 aliphatic heterocycles. The standard InChI is InChI=1S/C14H17NO4/c1-15(2)8-12(13(16)9-19-3)10-4-6-11(7-5-10)14(17)18/h4-8H,9H2,1-3H3,(H,17,18). The molecule has 0 saturated heterocycles. The Morgan fingerprint density at radius 1 is 1.21 bits per heavy atom. The fourth-order valence-corrected chi connectivity index (χ4v) is 1.57. The Morgan fingerprint density at radius 3 is 2.16 bits per heavy atom. The molecule has 0 aromatic heterocycles. The third-order valence-electron chi connectivity index (χ3n) is 2.41. The SMILES string of the molecule is COCC(=O)C(=CN(C)C)c1ccc(C(=O)O)cc1. The summed E-state index contributed by atoms with van der Waals surface area (Å²) >= 11 is 0. The van der Waals surface area contributed by atoms with Crippen molar-refractivity contribution in [3.05, 3.63) is 41.6 Å². The van der Waals surface area contributed by atoms with E-state index in [0.29, 0.717) is 11.1 Å². The lowest BCUT2D eigenvalue weighted by molar-refractivity contribution is -0.117. The summed E-state index contributed by atoms with van der Waals surface area (Å²) in [6, 6.07) is 6.18. The van der Waals surface area contributed by atoms with Crippen LogP contribution in [0.3, 0.4) is 0 Å². The van der Waals surface area contributed by atoms with Crippen molar-refractivity contribution in [2.45, 2.75) is 0 Å². The summed E-state index contributed by atoms with van der Waals surface area (Å²) in [4.78, 5) is 24.5. The van der Waals surface area contributed by atoms with Crippen molar-refractivity contribution in [1.29, 1.82) is 0 Å². The summed E-state index contributed by atoms with van der Waals surface area (Å²) in [5.74, 6) is -1.15. The molecule has 0 bridgehead atoms. The van der Waals surface area contributed by atoms with Crippen LogP contribution in [-0.2, 0) is 9.53 Å². The summed E-state index contributed by atoms with van der Waals surface area (Å²) in [7, 11) is 5.08. The van der Waals surface area contributed by atoms with Crippen molar-refractivity contribution in [2.24, 2.45) is 0 Å². The first kappa shape index (κ1) is 14.9. The first-order valence-corrected chi connectivity index (χ1v) is 5.70. The Bertz CT molecular complexity index is 489. The highest BCUT2D eigenvalue weighted by Crippen LogP contribution is 2.17. The van der Waals surface area contributed by atoms with Gasteiger partial charge in [-0.15, -0.1) is 0 Å². The van der Waals surface area contributed by atoms with Gasteiger partial charge in [-0.25, -0.2) is 4.79 Å². The van der Waals surface area contributed by atoms with Crippen LogP contribution in [0, 0.1) is 0 Å². The molecule has 0 heterocycles. The molecule has 0 aliphatic carbocycles. The fourth-order valence-electron chi connectivity index (χ4n) is 1.57. The number of Topliss-reactive ketones (excluding diaryl/α,β-unsaturated/α-hetero) is 1. The largest absolute Gasteiger partial charge is 0.478 e. The van der Waals surface area contributed by atoms with E-state index in [2.05, 4.69) is 0 Å². The fraction of sp³-hybridized carbons (Fsp3) is 0.286. The number of hydrogen-bond donors (Lipinski definition) is 1. The normalized spacial score (nSPS) is 11.2. The number of methoxy groups -OCH3 is 1. The number of nitrogens with zero attached hydrogens (tertiary/aromatic N) is 1. The van der Waals surface area contributed by atoms with Gasteiger partial charge in [0.2, 0.25) is 0 Å². The Hall–Kier alpha value is -2.14. The minimum Gasteiger partial charge on any atom is -0.478 e. The zero-order chi connectivity index (χ0) is 14.4. The molecular formula is C14H17NO4. The third-order valence-corrected chi connectivity index (χ3v) is 2.41. The van der Waals surface area contributed by atoms with Crippen molar-refractivity contribution in [3.63, 3.8) is 0 Å². The molecule has 5 nitrogen and oxygen atoms in total. The zero-order valence-electron chi connectivity index (χ0n) is 11.2. The predicted octanol–water partition coefficient (Wildman–Crippen LogP) is 1.50. The van der Waals surface area contributed by atoms with E-state index in [1.807, 2.05) is 14.1 Å². The molecule has 1 aromatic rings. The summed E-state index contributed by atoms with van der Waals surface area (Å²) in [6.45, 7) is -0.0135. The molecule has 1 N–H and O–H groups in total. The highest BCUT2D eigenvalue weighted by molar-refractivity contribution is 6.21. The Labute approximate surface area is 112 Å². The van der Waals surface area contributed by atoms with Gasteiger partial charge in [0.05, 0.1) is 5.56 Å². The third kappa shape index (κ3) is 4.22. The van der Waals surface area contributed by atoms with E-state index >= 15 is 0 Å². The average molecular weight is 263 g/mol. The first-order chi connectivity index (χ1) is 8.95. The minimum atomic E-state index is -0.993. The number of aromatic carboxylic acids is 1. The molecule has 0 aliphatic rings. The van der Waals surface area contributed by atoms with Crippen LogP contribution >= 0.6 is 0 Å². The number of ether oxygens (including phenoxy) is 1. The predicted molar refractivity (Wildman–Crippen MR) is 71.9 cm³/mol. The molecule has 102 valence electrons. The second-order valence-electron chi connectivity index (χ2n) is 4.25. The van der Waals surface area contributed by atoms with Gasteiger partial charge >= 0.3 is 5.97 Å². The maximum Gasteiger partial charge on any atom is 0.335 e. The molecule has 1 rings (SSSR count). The maximum absolute atomic E-state index is 12.0. The van der Waals surface area contributed by atoms with E-state index < -0.39 is 5.97 Å². The lowest BCUT2D eigenvalue weighted by Crippen LogP contribution is -2.13. The summed E-state index contributed by atoms with van der Waals surface area (Å²) in [6.07, 6.45) is 1.69. The molecule has 0 spiro atoms. The van der Waals surface area contributed by atoms with E-state index in [-0.39, 0.29) is 18.0 Å². The molecule has 0 saturated carbocycles. The minimum absolute atomic E-state index is 0.0135. The van der Waals surface area contributed by atoms with Gasteiger partial charge in [-0.05, 0) is 17.7 Å². The molecule has 0 unspecified atom stereocenters. The number of benzene rings is 1. The van der Waals surface area contributed by atoms with Crippen LogP contribution in [0.15, 0.2) is 30.5 Å². The molecule has 5 heteroatoms. The summed E-state index contributed by atoms with van der Waals surface area (Å²) in [5, 5.41) is 8.84. The van der Waals surface area contributed by atoms with Crippen molar-refractivity contribution in [3.8, 4) is 0 Å². The second kappa shape index (κ2) is 6.70. The lowest BCUT2D eigenvalue weighted by Gasteiger charge is -2.11. The van der Waals surface area contributed by atoms with Gasteiger partial charge < -0.3 is 14.7 Å². The zero-order valence-corrected chi connectivity index (χ0v) is 11.2. The molecule has 19 heavy (non-hydrogen) atoms. The molecule has 0 atom stereocenters. The number of carbonyl (C=O) groups excluding carboxylic acids is 1. The molecule has 0 fully saturated rings. The van der Waals surface area contributed by atoms with E-state index in [4.69, 9.17) is 9.84 Å². The number of carboxylic acids is 1. The summed E-state index contributed by atoms with van der Waals surface area (Å²) < 4.78 is 4.85. The van der Waals surface area contributed by atoms with Crippen LogP contribution in [-0.4, -0.2) is 49.6 Å². The van der Waals surface area contributed by atoms with E-state index in [1.54, 1.807) is 23.2 Å². The van der Waals surface area contributed by atoms with Crippen molar-refractivity contribution < 1.29 is 19.4 Å². The van der Waals surface area contributed by atoms with E-state index in [0.717, 1.165) is 0 Å². The van der Waals surface area contributed by atoms with Gasteiger partial charge in [-0.2, -0.15) is 0 Å². The molecule has 1 aromatic carbocycles. The van der Waals surface area contributed by atoms with Crippen molar-refractivity contribution >= 4 is 17.3 Å². The highest BCUT2D eigenvalue weighted by Gasteiger charge is 2.13. The van der Waals surface area contributed by atoms with Gasteiger partial charge in [0.25, 0.3) is 0 Å². The van der Waals surface area contributed by atoms with Gasteiger partial charge in [-0.1, -0.05) is 12.1 Å². The first-order valence-electron chi connectivity index (χ1n) is 5.70. The maximum atomic E-state index is 12.0. The van der Waals surface area contributed by atoms with E-state index in [1.165, 1.54) is 19.2 Å². The number of hydrogen-bond acceptors (Lipinski definition) is 4. The van der Waals surface area contributed by atoms with Crippen molar-refractivity contribution in [2.75, 3.05) is 27.8 Å². The molecule has 0 radical (unpaired) electrons. The lowest BCUT2D eigenvalue weighted by atomic mass is 10.0. The number of ketones is 1. The Kier molecular flexibility index (Phi) is 5.26. The van der Waals surface area contributed by atoms with Crippen LogP contribution in [0.5, 0.6) is 0 Å². The van der Waals surface area contributed by atoms with E-state index in [9.17, 15) is 9.59 Å². The van der Waals surface area contributed by atoms with Crippen molar-refractivity contribution in [1.82, 2.24) is 4.90 Å². The Morgan fingerprint density at radius 2 is 1.74 bits per heavy atom. The van der Waals surface area contributed by atoms with Crippen LogP contribution in [0.25, 0.3) is 5.57 Å². The number of carboxylic acid groups (broad SMARTS) is 1. The Balaban J connectivity index is 3.11. The summed E-state index contributed by atoms with van der Waals surface area (Å²) in [5.41, 5.74) is 1.34. The van der Waals surface area contributed by atoms with Crippen LogP contribution in [0.1, 0.15) is 15.9 Å². The molecular weight excluding hydrogens is 246 g/mol. The van der Waals surface area contributed by atoms with Gasteiger partial charge in [0.1, 0.15) is 6.61 Å². The number of carbonyl (C=O) groups is 2. The average Bonchev–Trinajstić information content (AvgIpc) is 2.36.